The van der Waals surface area contributed by atoms with Gasteiger partial charge in [0.05, 0.1) is 25.9 Å². The monoisotopic (exact) mass is 494 g/mol. The molecule has 188 valence electrons. The smallest absolute Gasteiger partial charge is 0.359 e. The van der Waals surface area contributed by atoms with E-state index in [0.717, 1.165) is 10.2 Å². The third-order valence-corrected chi connectivity index (χ3v) is 4.80. The molecule has 0 unspecified atom stereocenters. The van der Waals surface area contributed by atoms with E-state index in [2.05, 4.69) is 15.7 Å². The fourth-order valence-corrected chi connectivity index (χ4v) is 3.03. The van der Waals surface area contributed by atoms with E-state index in [1.807, 2.05) is 31.2 Å². The number of hydrogen-bond donors (Lipinski definition) is 2. The molecular formula is C25H26N4O7. The number of aromatic nitrogens is 2. The molecule has 0 spiro atoms. The molecule has 0 bridgehead atoms. The van der Waals surface area contributed by atoms with Crippen LogP contribution in [-0.2, 0) is 20.9 Å². The van der Waals surface area contributed by atoms with Crippen LogP contribution in [0.1, 0.15) is 16.1 Å². The number of nitrogens with one attached hydrogen (secondary N) is 2. The van der Waals surface area contributed by atoms with Crippen molar-refractivity contribution in [1.29, 1.82) is 0 Å². The average Bonchev–Trinajstić information content (AvgIpc) is 2.88. The summed E-state index contributed by atoms with van der Waals surface area (Å²) in [6, 6.07) is 16.7. The highest BCUT2D eigenvalue weighted by Crippen LogP contribution is 2.24. The Bertz CT molecular complexity index is 1270. The van der Waals surface area contributed by atoms with Crippen LogP contribution in [-0.4, -0.2) is 54.4 Å². The molecule has 2 amide bonds. The number of rotatable bonds is 11. The summed E-state index contributed by atoms with van der Waals surface area (Å²) in [5.74, 6) is -0.936. The number of aryl methyl sites for hydroxylation is 1. The van der Waals surface area contributed by atoms with E-state index in [0.29, 0.717) is 17.2 Å². The number of esters is 1. The normalized spacial score (nSPS) is 10.3. The van der Waals surface area contributed by atoms with Gasteiger partial charge < -0.3 is 24.8 Å². The van der Waals surface area contributed by atoms with Crippen molar-refractivity contribution in [3.05, 3.63) is 82.3 Å². The molecule has 3 aromatic rings. The molecule has 0 aliphatic rings. The van der Waals surface area contributed by atoms with Gasteiger partial charge in [-0.25, -0.2) is 9.48 Å². The van der Waals surface area contributed by atoms with Crippen LogP contribution in [0.3, 0.4) is 0 Å². The van der Waals surface area contributed by atoms with E-state index in [1.54, 1.807) is 24.3 Å². The number of hydrogen-bond acceptors (Lipinski definition) is 8. The molecule has 0 fully saturated rings. The van der Waals surface area contributed by atoms with Gasteiger partial charge in [-0.05, 0) is 42.8 Å². The maximum atomic E-state index is 12.3. The Morgan fingerprint density at radius 2 is 1.78 bits per heavy atom. The molecule has 0 saturated carbocycles. The lowest BCUT2D eigenvalue weighted by molar-refractivity contribution is -0.126. The highest BCUT2D eigenvalue weighted by molar-refractivity contribution is 5.96. The first-order chi connectivity index (χ1) is 17.4. The number of anilines is 1. The number of carbonyl (C=O) groups is 3. The summed E-state index contributed by atoms with van der Waals surface area (Å²) >= 11 is 0. The van der Waals surface area contributed by atoms with E-state index in [4.69, 9.17) is 14.2 Å². The van der Waals surface area contributed by atoms with Gasteiger partial charge in [-0.1, -0.05) is 24.3 Å². The number of para-hydroxylation sites is 1. The first kappa shape index (κ1) is 25.9. The average molecular weight is 495 g/mol. The number of benzene rings is 2. The minimum absolute atomic E-state index is 0.107. The number of methoxy groups -OCH3 is 1. The van der Waals surface area contributed by atoms with Gasteiger partial charge in [0.25, 0.3) is 11.5 Å². The molecule has 2 aromatic carbocycles. The Kier molecular flexibility index (Phi) is 9.15. The number of nitrogens with zero attached hydrogens (tertiary/aromatic N) is 2. The fraction of sp³-hybridized carbons (Fsp3) is 0.240. The van der Waals surface area contributed by atoms with Gasteiger partial charge in [-0.2, -0.15) is 5.10 Å². The summed E-state index contributed by atoms with van der Waals surface area (Å²) in [5.41, 5.74) is 0.827. The third-order valence-electron chi connectivity index (χ3n) is 4.80. The fourth-order valence-electron chi connectivity index (χ4n) is 3.03. The lowest BCUT2D eigenvalue weighted by Crippen LogP contribution is -2.36. The highest BCUT2D eigenvalue weighted by atomic mass is 16.5. The zero-order valence-electron chi connectivity index (χ0n) is 19.9. The Labute approximate surface area is 207 Å². The molecule has 0 radical (unpaired) electrons. The minimum atomic E-state index is -0.892. The summed E-state index contributed by atoms with van der Waals surface area (Å²) < 4.78 is 16.8. The first-order valence-electron chi connectivity index (χ1n) is 11.0. The largest absolute Gasteiger partial charge is 0.495 e. The van der Waals surface area contributed by atoms with Crippen LogP contribution in [0.5, 0.6) is 11.5 Å². The van der Waals surface area contributed by atoms with Gasteiger partial charge in [-0.3, -0.25) is 14.4 Å². The first-order valence-corrected chi connectivity index (χ1v) is 11.0. The SMILES string of the molecule is COc1ccc(C)cc1NC(=O)CNC(=O)COC(=O)c1ccc(=O)n(CCOc2ccccc2)n1. The van der Waals surface area contributed by atoms with Crippen LogP contribution in [0.4, 0.5) is 5.69 Å². The van der Waals surface area contributed by atoms with E-state index in [-0.39, 0.29) is 25.4 Å². The van der Waals surface area contributed by atoms with Crippen molar-refractivity contribution >= 4 is 23.5 Å². The van der Waals surface area contributed by atoms with Crippen LogP contribution in [0.25, 0.3) is 0 Å². The van der Waals surface area contributed by atoms with Gasteiger partial charge in [0, 0.05) is 6.07 Å². The van der Waals surface area contributed by atoms with Crippen LogP contribution < -0.4 is 25.7 Å². The molecule has 0 saturated heterocycles. The highest BCUT2D eigenvalue weighted by Gasteiger charge is 2.15. The van der Waals surface area contributed by atoms with Crippen LogP contribution >= 0.6 is 0 Å². The Hall–Kier alpha value is -4.67. The van der Waals surface area contributed by atoms with Gasteiger partial charge >= 0.3 is 5.97 Å². The molecule has 36 heavy (non-hydrogen) atoms. The van der Waals surface area contributed by atoms with Crippen molar-refractivity contribution in [2.24, 2.45) is 0 Å². The summed E-state index contributed by atoms with van der Waals surface area (Å²) in [6.45, 7) is 1.17. The Balaban J connectivity index is 1.45. The second-order valence-corrected chi connectivity index (χ2v) is 7.55. The van der Waals surface area contributed by atoms with Gasteiger partial charge in [-0.15, -0.1) is 0 Å². The summed E-state index contributed by atoms with van der Waals surface area (Å²) in [4.78, 5) is 48.5. The second kappa shape index (κ2) is 12.7. The lowest BCUT2D eigenvalue weighted by atomic mass is 10.2. The van der Waals surface area contributed by atoms with Crippen molar-refractivity contribution in [1.82, 2.24) is 15.1 Å². The standard InChI is InChI=1S/C25H26N4O7/c1-17-8-10-21(34-2)20(14-17)27-22(30)15-26-23(31)16-36-25(33)19-9-11-24(32)29(28-19)12-13-35-18-6-4-3-5-7-18/h3-11,14H,12-13,15-16H2,1-2H3,(H,26,31)(H,27,30). The molecule has 1 aromatic heterocycles. The quantitative estimate of drug-likeness (QED) is 0.383. The van der Waals surface area contributed by atoms with Gasteiger partial charge in [0.15, 0.2) is 12.3 Å². The molecule has 3 rings (SSSR count). The molecule has 2 N–H and O–H groups in total. The zero-order valence-corrected chi connectivity index (χ0v) is 19.9. The zero-order chi connectivity index (χ0) is 25.9. The topological polar surface area (TPSA) is 138 Å². The van der Waals surface area contributed by atoms with Crippen molar-refractivity contribution in [2.45, 2.75) is 13.5 Å². The predicted octanol–water partition coefficient (Wildman–Crippen LogP) is 1.55. The Morgan fingerprint density at radius 1 is 1.00 bits per heavy atom. The molecule has 0 aliphatic carbocycles. The molecule has 11 nitrogen and oxygen atoms in total. The van der Waals surface area contributed by atoms with E-state index >= 15 is 0 Å². The van der Waals surface area contributed by atoms with Crippen molar-refractivity contribution < 1.29 is 28.6 Å². The maximum Gasteiger partial charge on any atom is 0.359 e. The van der Waals surface area contributed by atoms with E-state index < -0.39 is 29.9 Å². The third kappa shape index (κ3) is 7.69. The van der Waals surface area contributed by atoms with E-state index in [1.165, 1.54) is 19.2 Å². The van der Waals surface area contributed by atoms with Crippen molar-refractivity contribution in [3.63, 3.8) is 0 Å². The van der Waals surface area contributed by atoms with Crippen LogP contribution in [0.2, 0.25) is 0 Å². The molecule has 0 aliphatic heterocycles. The number of ether oxygens (including phenoxy) is 3. The molecule has 0 atom stereocenters. The summed E-state index contributed by atoms with van der Waals surface area (Å²) in [5, 5.41) is 8.98. The molecule has 11 heteroatoms. The number of amides is 2. The lowest BCUT2D eigenvalue weighted by Gasteiger charge is -2.11. The molecular weight excluding hydrogens is 468 g/mol. The summed E-state index contributed by atoms with van der Waals surface area (Å²) in [7, 11) is 1.48. The minimum Gasteiger partial charge on any atom is -0.495 e. The summed E-state index contributed by atoms with van der Waals surface area (Å²) in [6.07, 6.45) is 0. The maximum absolute atomic E-state index is 12.3. The predicted molar refractivity (Wildman–Crippen MR) is 130 cm³/mol. The Morgan fingerprint density at radius 3 is 2.53 bits per heavy atom. The molecule has 1 heterocycles. The van der Waals surface area contributed by atoms with Crippen molar-refractivity contribution in [3.8, 4) is 11.5 Å². The van der Waals surface area contributed by atoms with Crippen LogP contribution in [0, 0.1) is 6.92 Å². The van der Waals surface area contributed by atoms with E-state index in [9.17, 15) is 19.2 Å². The van der Waals surface area contributed by atoms with Crippen LogP contribution in [0.15, 0.2) is 65.5 Å². The van der Waals surface area contributed by atoms with Crippen molar-refractivity contribution in [2.75, 3.05) is 32.2 Å². The van der Waals surface area contributed by atoms with Gasteiger partial charge in [0.2, 0.25) is 5.91 Å². The number of carbonyl (C=O) groups excluding carboxylic acids is 3. The van der Waals surface area contributed by atoms with Gasteiger partial charge in [0.1, 0.15) is 18.1 Å². The second-order valence-electron chi connectivity index (χ2n) is 7.55.